The lowest BCUT2D eigenvalue weighted by Gasteiger charge is -2.32. The van der Waals surface area contributed by atoms with Crippen molar-refractivity contribution in [3.8, 4) is 0 Å². The van der Waals surface area contributed by atoms with E-state index in [1.54, 1.807) is 35.4 Å². The van der Waals surface area contributed by atoms with Crippen molar-refractivity contribution in [1.29, 1.82) is 0 Å². The van der Waals surface area contributed by atoms with E-state index in [2.05, 4.69) is 10.3 Å². The van der Waals surface area contributed by atoms with Crippen LogP contribution in [-0.2, 0) is 16.1 Å². The molecule has 0 saturated heterocycles. The number of hydrogen-bond donors (Lipinski definition) is 1. The summed E-state index contributed by atoms with van der Waals surface area (Å²) < 4.78 is 1.45. The molecular formula is C14H14N4O3. The average molecular weight is 286 g/mol. The summed E-state index contributed by atoms with van der Waals surface area (Å²) in [6, 6.07) is 7.14. The molecule has 3 rings (SSSR count). The van der Waals surface area contributed by atoms with Gasteiger partial charge in [-0.15, -0.1) is 5.10 Å². The maximum atomic E-state index is 12.4. The Bertz CT molecular complexity index is 669. The van der Waals surface area contributed by atoms with Crippen molar-refractivity contribution in [2.45, 2.75) is 18.9 Å². The van der Waals surface area contributed by atoms with E-state index >= 15 is 0 Å². The molecule has 1 aliphatic heterocycles. The Morgan fingerprint density at radius 3 is 2.86 bits per heavy atom. The van der Waals surface area contributed by atoms with E-state index in [0.29, 0.717) is 24.2 Å². The van der Waals surface area contributed by atoms with Crippen molar-refractivity contribution in [3.05, 3.63) is 42.2 Å². The lowest BCUT2D eigenvalue weighted by molar-refractivity contribution is -0.139. The molecule has 108 valence electrons. The fraction of sp³-hybridized carbons (Fsp3) is 0.286. The molecule has 7 heteroatoms. The van der Waals surface area contributed by atoms with Crippen LogP contribution in [0.15, 0.2) is 36.7 Å². The van der Waals surface area contributed by atoms with Gasteiger partial charge in [0, 0.05) is 18.4 Å². The van der Waals surface area contributed by atoms with Crippen LogP contribution in [0.25, 0.3) is 0 Å². The van der Waals surface area contributed by atoms with Gasteiger partial charge in [-0.3, -0.25) is 9.59 Å². The molecule has 1 aliphatic rings. The van der Waals surface area contributed by atoms with Gasteiger partial charge in [0.2, 0.25) is 5.91 Å². The van der Waals surface area contributed by atoms with Gasteiger partial charge in [0.1, 0.15) is 6.54 Å². The number of nitrogens with zero attached hydrogens (tertiary/aromatic N) is 4. The minimum atomic E-state index is -0.856. The molecule has 21 heavy (non-hydrogen) atoms. The number of benzene rings is 1. The predicted molar refractivity (Wildman–Crippen MR) is 73.8 cm³/mol. The van der Waals surface area contributed by atoms with Gasteiger partial charge in [-0.25, -0.2) is 4.68 Å². The number of rotatable bonds is 3. The maximum absolute atomic E-state index is 12.4. The Morgan fingerprint density at radius 1 is 1.33 bits per heavy atom. The van der Waals surface area contributed by atoms with Crippen LogP contribution in [0.1, 0.15) is 17.9 Å². The van der Waals surface area contributed by atoms with E-state index in [1.165, 1.54) is 10.9 Å². The van der Waals surface area contributed by atoms with Gasteiger partial charge in [-0.2, -0.15) is 0 Å². The number of aliphatic carboxylic acids is 1. The van der Waals surface area contributed by atoms with Gasteiger partial charge in [0.15, 0.2) is 0 Å². The molecule has 0 spiro atoms. The fourth-order valence-corrected chi connectivity index (χ4v) is 2.62. The first-order valence-corrected chi connectivity index (χ1v) is 6.63. The van der Waals surface area contributed by atoms with Crippen LogP contribution in [0.4, 0.5) is 5.69 Å². The summed E-state index contributed by atoms with van der Waals surface area (Å²) in [5.74, 6) is -1.54. The Balaban J connectivity index is 1.89. The number of hydrogen-bond acceptors (Lipinski definition) is 4. The first kappa shape index (κ1) is 13.3. The van der Waals surface area contributed by atoms with Crippen molar-refractivity contribution < 1.29 is 14.7 Å². The zero-order chi connectivity index (χ0) is 14.8. The lowest BCUT2D eigenvalue weighted by Crippen LogP contribution is -2.40. The molecule has 1 aromatic carbocycles. The standard InChI is InChI=1S/C14H14N4O3/c19-13(9-17-8-6-15-16-17)18-7-5-11(14(20)21)10-3-1-2-4-12(10)18/h1-4,6,8,11H,5,7,9H2,(H,20,21). The van der Waals surface area contributed by atoms with Crippen molar-refractivity contribution in [1.82, 2.24) is 15.0 Å². The minimum absolute atomic E-state index is 0.0894. The molecule has 1 atom stereocenters. The molecule has 1 N–H and O–H groups in total. The number of amides is 1. The van der Waals surface area contributed by atoms with Crippen LogP contribution < -0.4 is 4.90 Å². The SMILES string of the molecule is O=C(O)C1CCN(C(=O)Cn2ccnn2)c2ccccc21. The summed E-state index contributed by atoms with van der Waals surface area (Å²) in [5, 5.41) is 16.7. The minimum Gasteiger partial charge on any atom is -0.481 e. The second-order valence-corrected chi connectivity index (χ2v) is 4.88. The summed E-state index contributed by atoms with van der Waals surface area (Å²) >= 11 is 0. The van der Waals surface area contributed by atoms with Gasteiger partial charge < -0.3 is 10.0 Å². The van der Waals surface area contributed by atoms with Crippen molar-refractivity contribution in [3.63, 3.8) is 0 Å². The first-order chi connectivity index (χ1) is 10.2. The normalized spacial score (nSPS) is 17.3. The Labute approximate surface area is 120 Å². The molecule has 0 bridgehead atoms. The van der Waals surface area contributed by atoms with Crippen LogP contribution in [0, 0.1) is 0 Å². The molecule has 1 aromatic heterocycles. The highest BCUT2D eigenvalue weighted by Crippen LogP contribution is 2.35. The number of aromatic nitrogens is 3. The number of para-hydroxylation sites is 1. The average Bonchev–Trinajstić information content (AvgIpc) is 2.98. The fourth-order valence-electron chi connectivity index (χ4n) is 2.62. The van der Waals surface area contributed by atoms with E-state index in [9.17, 15) is 14.7 Å². The highest BCUT2D eigenvalue weighted by molar-refractivity contribution is 5.96. The van der Waals surface area contributed by atoms with E-state index in [4.69, 9.17) is 0 Å². The third-order valence-corrected chi connectivity index (χ3v) is 3.61. The molecule has 0 radical (unpaired) electrons. The van der Waals surface area contributed by atoms with Crippen LogP contribution in [0.2, 0.25) is 0 Å². The number of carbonyl (C=O) groups excluding carboxylic acids is 1. The number of fused-ring (bicyclic) bond motifs is 1. The third-order valence-electron chi connectivity index (χ3n) is 3.61. The Morgan fingerprint density at radius 2 is 2.14 bits per heavy atom. The highest BCUT2D eigenvalue weighted by Gasteiger charge is 2.32. The molecule has 1 unspecified atom stereocenters. The van der Waals surface area contributed by atoms with Gasteiger partial charge in [-0.1, -0.05) is 23.4 Å². The smallest absolute Gasteiger partial charge is 0.311 e. The topological polar surface area (TPSA) is 88.3 Å². The van der Waals surface area contributed by atoms with Crippen molar-refractivity contribution in [2.24, 2.45) is 0 Å². The second kappa shape index (κ2) is 5.35. The summed E-state index contributed by atoms with van der Waals surface area (Å²) in [4.78, 5) is 25.3. The summed E-state index contributed by atoms with van der Waals surface area (Å²) in [6.07, 6.45) is 3.54. The van der Waals surface area contributed by atoms with E-state index in [1.807, 2.05) is 0 Å². The molecule has 7 nitrogen and oxygen atoms in total. The lowest BCUT2D eigenvalue weighted by atomic mass is 9.90. The zero-order valence-electron chi connectivity index (χ0n) is 11.2. The van der Waals surface area contributed by atoms with Crippen molar-refractivity contribution >= 4 is 17.6 Å². The number of carbonyl (C=O) groups is 2. The third kappa shape index (κ3) is 2.49. The van der Waals surface area contributed by atoms with Crippen LogP contribution in [0.3, 0.4) is 0 Å². The maximum Gasteiger partial charge on any atom is 0.311 e. The van der Waals surface area contributed by atoms with Gasteiger partial charge in [0.25, 0.3) is 0 Å². The molecule has 2 heterocycles. The molecule has 0 saturated carbocycles. The monoisotopic (exact) mass is 286 g/mol. The second-order valence-electron chi connectivity index (χ2n) is 4.88. The number of anilines is 1. The van der Waals surface area contributed by atoms with Crippen LogP contribution >= 0.6 is 0 Å². The van der Waals surface area contributed by atoms with Gasteiger partial charge in [-0.05, 0) is 18.1 Å². The number of carboxylic acids is 1. The van der Waals surface area contributed by atoms with E-state index in [0.717, 1.165) is 0 Å². The van der Waals surface area contributed by atoms with Gasteiger partial charge >= 0.3 is 5.97 Å². The summed E-state index contributed by atoms with van der Waals surface area (Å²) in [5.41, 5.74) is 1.35. The summed E-state index contributed by atoms with van der Waals surface area (Å²) in [6.45, 7) is 0.480. The van der Waals surface area contributed by atoms with Crippen LogP contribution in [-0.4, -0.2) is 38.5 Å². The Hall–Kier alpha value is -2.70. The quantitative estimate of drug-likeness (QED) is 0.905. The first-order valence-electron chi connectivity index (χ1n) is 6.63. The molecule has 0 fully saturated rings. The van der Waals surface area contributed by atoms with E-state index < -0.39 is 11.9 Å². The molecular weight excluding hydrogens is 272 g/mol. The molecule has 0 aliphatic carbocycles. The molecule has 1 amide bonds. The van der Waals surface area contributed by atoms with Gasteiger partial charge in [0.05, 0.1) is 12.1 Å². The highest BCUT2D eigenvalue weighted by atomic mass is 16.4. The largest absolute Gasteiger partial charge is 0.481 e. The predicted octanol–water partition coefficient (Wildman–Crippen LogP) is 0.883. The zero-order valence-corrected chi connectivity index (χ0v) is 11.2. The van der Waals surface area contributed by atoms with E-state index in [-0.39, 0.29) is 12.5 Å². The van der Waals surface area contributed by atoms with Crippen molar-refractivity contribution in [2.75, 3.05) is 11.4 Å². The Kier molecular flexibility index (Phi) is 3.39. The number of carboxylic acid groups (broad SMARTS) is 1. The summed E-state index contributed by atoms with van der Waals surface area (Å²) in [7, 11) is 0. The molecule has 2 aromatic rings. The van der Waals surface area contributed by atoms with Crippen LogP contribution in [0.5, 0.6) is 0 Å².